The molecule has 1 aromatic carbocycles. The number of nitrogens with one attached hydrogen (secondary N) is 1. The fourth-order valence-electron chi connectivity index (χ4n) is 2.72. The molecular weight excluding hydrogens is 287 g/mol. The molecule has 2 amide bonds. The quantitative estimate of drug-likeness (QED) is 0.892. The molecule has 1 aliphatic rings. The Kier molecular flexibility index (Phi) is 5.13. The first-order chi connectivity index (χ1) is 10.5. The zero-order valence-electron chi connectivity index (χ0n) is 12.8. The molecule has 0 saturated heterocycles. The third kappa shape index (κ3) is 3.11. The van der Waals surface area contributed by atoms with Crippen LogP contribution in [-0.4, -0.2) is 34.5 Å². The summed E-state index contributed by atoms with van der Waals surface area (Å²) in [6.45, 7) is 3.55. The third-order valence-corrected chi connectivity index (χ3v) is 4.14. The number of rotatable bonds is 4. The number of benzene rings is 1. The summed E-state index contributed by atoms with van der Waals surface area (Å²) in [6, 6.07) is 3.79. The number of carbonyl (C=O) groups excluding carboxylic acids is 2. The Hall–Kier alpha value is -1.95. The second-order valence-electron chi connectivity index (χ2n) is 5.58. The van der Waals surface area contributed by atoms with E-state index in [-0.39, 0.29) is 37.3 Å². The van der Waals surface area contributed by atoms with Crippen molar-refractivity contribution in [1.82, 2.24) is 4.90 Å². The van der Waals surface area contributed by atoms with Crippen molar-refractivity contribution in [3.8, 4) is 0 Å². The van der Waals surface area contributed by atoms with Gasteiger partial charge in [-0.15, -0.1) is 0 Å². The molecule has 0 spiro atoms. The molecule has 0 bridgehead atoms. The lowest BCUT2D eigenvalue weighted by molar-refractivity contribution is -0.141. The van der Waals surface area contributed by atoms with Gasteiger partial charge in [-0.1, -0.05) is 26.3 Å². The normalized spacial score (nSPS) is 19.2. The van der Waals surface area contributed by atoms with Crippen molar-refractivity contribution in [1.29, 1.82) is 0 Å². The van der Waals surface area contributed by atoms with E-state index in [0.29, 0.717) is 17.7 Å². The van der Waals surface area contributed by atoms with Gasteiger partial charge in [0.1, 0.15) is 11.9 Å². The molecule has 0 aliphatic carbocycles. The first kappa shape index (κ1) is 16.4. The fraction of sp³-hybridized carbons (Fsp3) is 0.500. The van der Waals surface area contributed by atoms with Gasteiger partial charge in [0, 0.05) is 17.7 Å². The molecule has 0 fully saturated rings. The van der Waals surface area contributed by atoms with Crippen LogP contribution in [0.2, 0.25) is 0 Å². The molecule has 0 saturated carbocycles. The van der Waals surface area contributed by atoms with Crippen LogP contribution in [-0.2, 0) is 16.1 Å². The van der Waals surface area contributed by atoms with Gasteiger partial charge in [-0.05, 0) is 18.1 Å². The van der Waals surface area contributed by atoms with Crippen LogP contribution in [0.5, 0.6) is 0 Å². The molecule has 1 aliphatic heterocycles. The summed E-state index contributed by atoms with van der Waals surface area (Å²) in [7, 11) is 0. The largest absolute Gasteiger partial charge is 0.396 e. The van der Waals surface area contributed by atoms with Crippen molar-refractivity contribution in [2.24, 2.45) is 5.92 Å². The van der Waals surface area contributed by atoms with Crippen molar-refractivity contribution in [2.45, 2.75) is 39.3 Å². The van der Waals surface area contributed by atoms with Gasteiger partial charge in [0.15, 0.2) is 0 Å². The number of aliphatic hydroxyl groups is 1. The minimum Gasteiger partial charge on any atom is -0.396 e. The van der Waals surface area contributed by atoms with E-state index in [9.17, 15) is 14.0 Å². The first-order valence-corrected chi connectivity index (χ1v) is 7.48. The van der Waals surface area contributed by atoms with Crippen molar-refractivity contribution in [3.63, 3.8) is 0 Å². The topological polar surface area (TPSA) is 69.6 Å². The molecule has 2 rings (SSSR count). The van der Waals surface area contributed by atoms with Gasteiger partial charge in [-0.2, -0.15) is 0 Å². The Labute approximate surface area is 129 Å². The van der Waals surface area contributed by atoms with Gasteiger partial charge in [-0.25, -0.2) is 4.39 Å². The van der Waals surface area contributed by atoms with Gasteiger partial charge >= 0.3 is 0 Å². The summed E-state index contributed by atoms with van der Waals surface area (Å²) in [4.78, 5) is 26.2. The molecule has 5 nitrogen and oxygen atoms in total. The highest BCUT2D eigenvalue weighted by Gasteiger charge is 2.36. The lowest BCUT2D eigenvalue weighted by atomic mass is 9.96. The highest BCUT2D eigenvalue weighted by atomic mass is 19.1. The molecular formula is C16H21FN2O3. The Morgan fingerprint density at radius 1 is 1.55 bits per heavy atom. The second kappa shape index (κ2) is 6.87. The van der Waals surface area contributed by atoms with Gasteiger partial charge in [-0.3, -0.25) is 9.59 Å². The Bertz CT molecular complexity index is 577. The Morgan fingerprint density at radius 2 is 2.27 bits per heavy atom. The number of fused-ring (bicyclic) bond motifs is 1. The highest BCUT2D eigenvalue weighted by molar-refractivity contribution is 5.99. The third-order valence-electron chi connectivity index (χ3n) is 4.14. The fourth-order valence-corrected chi connectivity index (χ4v) is 2.72. The number of hydrogen-bond acceptors (Lipinski definition) is 3. The van der Waals surface area contributed by atoms with Crippen molar-refractivity contribution >= 4 is 17.5 Å². The summed E-state index contributed by atoms with van der Waals surface area (Å²) in [5.41, 5.74) is 0.700. The van der Waals surface area contributed by atoms with Crippen molar-refractivity contribution in [3.05, 3.63) is 29.6 Å². The van der Waals surface area contributed by atoms with Crippen LogP contribution in [0.1, 0.15) is 32.3 Å². The average Bonchev–Trinajstić information content (AvgIpc) is 2.63. The highest BCUT2D eigenvalue weighted by Crippen LogP contribution is 2.29. The number of halogens is 1. The van der Waals surface area contributed by atoms with Gasteiger partial charge in [0.05, 0.1) is 13.2 Å². The molecule has 1 heterocycles. The number of nitrogens with zero attached hydrogens (tertiary/aromatic N) is 1. The summed E-state index contributed by atoms with van der Waals surface area (Å²) < 4.78 is 14.1. The van der Waals surface area contributed by atoms with Crippen molar-refractivity contribution < 1.29 is 19.1 Å². The molecule has 6 heteroatoms. The number of amides is 2. The van der Waals surface area contributed by atoms with Gasteiger partial charge in [0.2, 0.25) is 11.8 Å². The standard InChI is InChI=1S/C16H21FN2O3/c1-3-10(2)15-16(22)18-13-6-4-5-12(17)11(13)9-19(15)14(21)7-8-20/h4-6,10,15,20H,3,7-9H2,1-2H3,(H,18,22). The lowest BCUT2D eigenvalue weighted by Gasteiger charge is -2.32. The maximum atomic E-state index is 14.1. The predicted octanol–water partition coefficient (Wildman–Crippen LogP) is 1.90. The van der Waals surface area contributed by atoms with Crippen LogP contribution in [0.4, 0.5) is 10.1 Å². The van der Waals surface area contributed by atoms with E-state index in [4.69, 9.17) is 5.11 Å². The zero-order valence-corrected chi connectivity index (χ0v) is 12.8. The molecule has 2 N–H and O–H groups in total. The maximum Gasteiger partial charge on any atom is 0.247 e. The minimum absolute atomic E-state index is 0.0224. The van der Waals surface area contributed by atoms with Gasteiger partial charge < -0.3 is 15.3 Å². The Balaban J connectivity index is 2.46. The molecule has 22 heavy (non-hydrogen) atoms. The van der Waals surface area contributed by atoms with Crippen LogP contribution < -0.4 is 5.32 Å². The smallest absolute Gasteiger partial charge is 0.247 e. The molecule has 2 unspecified atom stereocenters. The zero-order chi connectivity index (χ0) is 16.3. The molecule has 2 atom stereocenters. The first-order valence-electron chi connectivity index (χ1n) is 7.48. The number of hydrogen-bond donors (Lipinski definition) is 2. The molecule has 0 radical (unpaired) electrons. The number of aliphatic hydroxyl groups excluding tert-OH is 1. The van der Waals surface area contributed by atoms with Crippen LogP contribution in [0.15, 0.2) is 18.2 Å². The van der Waals surface area contributed by atoms with E-state index in [1.165, 1.54) is 17.0 Å². The van der Waals surface area contributed by atoms with Crippen LogP contribution in [0.25, 0.3) is 0 Å². The maximum absolute atomic E-state index is 14.1. The minimum atomic E-state index is -0.671. The SMILES string of the molecule is CCC(C)C1C(=O)Nc2cccc(F)c2CN1C(=O)CCO. The monoisotopic (exact) mass is 308 g/mol. The van der Waals surface area contributed by atoms with E-state index in [0.717, 1.165) is 0 Å². The molecule has 120 valence electrons. The number of carbonyl (C=O) groups is 2. The summed E-state index contributed by atoms with van der Waals surface area (Å²) in [5, 5.41) is 11.7. The molecule has 0 aromatic heterocycles. The molecule has 1 aromatic rings. The van der Waals surface area contributed by atoms with E-state index in [1.54, 1.807) is 6.07 Å². The summed E-state index contributed by atoms with van der Waals surface area (Å²) in [5.74, 6) is -1.19. The summed E-state index contributed by atoms with van der Waals surface area (Å²) in [6.07, 6.45) is 0.629. The van der Waals surface area contributed by atoms with E-state index >= 15 is 0 Å². The lowest BCUT2D eigenvalue weighted by Crippen LogP contribution is -2.49. The average molecular weight is 308 g/mol. The predicted molar refractivity (Wildman–Crippen MR) is 80.5 cm³/mol. The van der Waals surface area contributed by atoms with E-state index < -0.39 is 11.9 Å². The Morgan fingerprint density at radius 3 is 2.91 bits per heavy atom. The van der Waals surface area contributed by atoms with E-state index in [2.05, 4.69) is 5.32 Å². The van der Waals surface area contributed by atoms with Crippen LogP contribution in [0, 0.1) is 11.7 Å². The van der Waals surface area contributed by atoms with Crippen LogP contribution >= 0.6 is 0 Å². The number of anilines is 1. The second-order valence-corrected chi connectivity index (χ2v) is 5.58. The van der Waals surface area contributed by atoms with E-state index in [1.807, 2.05) is 13.8 Å². The van der Waals surface area contributed by atoms with Crippen molar-refractivity contribution in [2.75, 3.05) is 11.9 Å². The summed E-state index contributed by atoms with van der Waals surface area (Å²) >= 11 is 0. The van der Waals surface area contributed by atoms with Crippen LogP contribution in [0.3, 0.4) is 0 Å². The van der Waals surface area contributed by atoms with Gasteiger partial charge in [0.25, 0.3) is 0 Å².